The largest absolute Gasteiger partial charge is 0.493 e. The van der Waals surface area contributed by atoms with Gasteiger partial charge >= 0.3 is 0 Å². The summed E-state index contributed by atoms with van der Waals surface area (Å²) in [6.45, 7) is 2.44. The van der Waals surface area contributed by atoms with Crippen molar-refractivity contribution in [2.75, 3.05) is 7.11 Å². The van der Waals surface area contributed by atoms with E-state index in [0.717, 1.165) is 27.8 Å². The van der Waals surface area contributed by atoms with E-state index in [-0.39, 0.29) is 0 Å². The normalized spacial score (nSPS) is 9.85. The lowest BCUT2D eigenvalue weighted by Gasteiger charge is -2.13. The molecule has 0 aliphatic heterocycles. The van der Waals surface area contributed by atoms with Crippen LogP contribution in [-0.2, 0) is 6.61 Å². The monoisotopic (exact) mass is 285 g/mol. The van der Waals surface area contributed by atoms with Crippen molar-refractivity contribution in [1.82, 2.24) is 0 Å². The minimum absolute atomic E-state index is 0.487. The SMILES string of the molecule is COc1cc(SC#N)c(C)cc1OCc1ccccc1. The molecule has 0 saturated heterocycles. The first kappa shape index (κ1) is 14.3. The number of nitriles is 1. The van der Waals surface area contributed by atoms with Crippen molar-refractivity contribution in [3.05, 3.63) is 53.6 Å². The zero-order valence-corrected chi connectivity index (χ0v) is 12.2. The van der Waals surface area contributed by atoms with E-state index in [1.807, 2.05) is 49.4 Å². The zero-order chi connectivity index (χ0) is 14.4. The fourth-order valence-corrected chi connectivity index (χ4v) is 2.29. The van der Waals surface area contributed by atoms with Crippen LogP contribution in [0.2, 0.25) is 0 Å². The van der Waals surface area contributed by atoms with E-state index in [1.54, 1.807) is 7.11 Å². The van der Waals surface area contributed by atoms with Crippen LogP contribution < -0.4 is 9.47 Å². The first-order chi connectivity index (χ1) is 9.74. The van der Waals surface area contributed by atoms with E-state index >= 15 is 0 Å². The molecule has 0 N–H and O–H groups in total. The van der Waals surface area contributed by atoms with Crippen LogP contribution in [0.15, 0.2) is 47.4 Å². The summed E-state index contributed by atoms with van der Waals surface area (Å²) in [4.78, 5) is 0.886. The number of thioether (sulfide) groups is 1. The topological polar surface area (TPSA) is 42.2 Å². The van der Waals surface area contributed by atoms with Crippen LogP contribution in [0, 0.1) is 17.6 Å². The molecule has 4 heteroatoms. The fraction of sp³-hybridized carbons (Fsp3) is 0.188. The van der Waals surface area contributed by atoms with Crippen molar-refractivity contribution >= 4 is 11.8 Å². The number of aryl methyl sites for hydroxylation is 1. The third-order valence-corrected chi connectivity index (χ3v) is 3.61. The molecule has 0 amide bonds. The molecular weight excluding hydrogens is 270 g/mol. The Hall–Kier alpha value is -2.12. The minimum atomic E-state index is 0.487. The lowest BCUT2D eigenvalue weighted by atomic mass is 10.2. The smallest absolute Gasteiger partial charge is 0.162 e. The molecule has 2 aromatic carbocycles. The first-order valence-corrected chi connectivity index (χ1v) is 6.97. The Balaban J connectivity index is 2.19. The number of ether oxygens (including phenoxy) is 2. The third kappa shape index (κ3) is 3.46. The molecule has 0 fully saturated rings. The average molecular weight is 285 g/mol. The Labute approximate surface area is 123 Å². The summed E-state index contributed by atoms with van der Waals surface area (Å²) < 4.78 is 11.1. The van der Waals surface area contributed by atoms with E-state index in [2.05, 4.69) is 5.40 Å². The number of hydrogen-bond acceptors (Lipinski definition) is 4. The van der Waals surface area contributed by atoms with E-state index in [9.17, 15) is 0 Å². The van der Waals surface area contributed by atoms with Crippen LogP contribution in [0.25, 0.3) is 0 Å². The Kier molecular flexibility index (Phi) is 4.91. The lowest BCUT2D eigenvalue weighted by molar-refractivity contribution is 0.284. The van der Waals surface area contributed by atoms with Crippen LogP contribution in [0.1, 0.15) is 11.1 Å². The number of thiocyanates is 1. The van der Waals surface area contributed by atoms with Gasteiger partial charge in [0.15, 0.2) is 11.5 Å². The molecular formula is C16H15NO2S. The summed E-state index contributed by atoms with van der Waals surface area (Å²) in [6.07, 6.45) is 0. The van der Waals surface area contributed by atoms with Crippen LogP contribution in [0.5, 0.6) is 11.5 Å². The van der Waals surface area contributed by atoms with Crippen LogP contribution >= 0.6 is 11.8 Å². The lowest BCUT2D eigenvalue weighted by Crippen LogP contribution is -1.98. The third-order valence-electron chi connectivity index (χ3n) is 2.85. The molecule has 0 unspecified atom stereocenters. The molecule has 102 valence electrons. The quantitative estimate of drug-likeness (QED) is 0.611. The van der Waals surface area contributed by atoms with Crippen molar-refractivity contribution in [3.8, 4) is 16.9 Å². The predicted molar refractivity (Wildman–Crippen MR) is 80.0 cm³/mol. The van der Waals surface area contributed by atoms with Gasteiger partial charge in [-0.1, -0.05) is 30.3 Å². The highest BCUT2D eigenvalue weighted by molar-refractivity contribution is 8.03. The number of nitrogens with zero attached hydrogens (tertiary/aromatic N) is 1. The Morgan fingerprint density at radius 2 is 1.90 bits per heavy atom. The van der Waals surface area contributed by atoms with E-state index in [0.29, 0.717) is 18.1 Å². The van der Waals surface area contributed by atoms with Gasteiger partial charge in [-0.05, 0) is 41.9 Å². The molecule has 0 aliphatic rings. The summed E-state index contributed by atoms with van der Waals surface area (Å²) in [6, 6.07) is 13.7. The standard InChI is InChI=1S/C16H15NO2S/c1-12-8-15(14(18-2)9-16(12)20-11-17)19-10-13-6-4-3-5-7-13/h3-9H,10H2,1-2H3. The predicted octanol–water partition coefficient (Wildman–Crippen LogP) is 4.16. The van der Waals surface area contributed by atoms with Gasteiger partial charge in [-0.15, -0.1) is 0 Å². The summed E-state index contributed by atoms with van der Waals surface area (Å²) in [5.41, 5.74) is 2.10. The Bertz CT molecular complexity index is 620. The second kappa shape index (κ2) is 6.88. The molecule has 0 aromatic heterocycles. The van der Waals surface area contributed by atoms with Crippen LogP contribution in [0.3, 0.4) is 0 Å². The highest BCUT2D eigenvalue weighted by Crippen LogP contribution is 2.35. The maximum absolute atomic E-state index is 8.77. The number of rotatable bonds is 5. The molecule has 0 bridgehead atoms. The summed E-state index contributed by atoms with van der Waals surface area (Å²) in [5.74, 6) is 1.33. The Morgan fingerprint density at radius 1 is 1.15 bits per heavy atom. The van der Waals surface area contributed by atoms with Gasteiger partial charge in [-0.3, -0.25) is 0 Å². The molecule has 0 radical (unpaired) electrons. The average Bonchev–Trinajstić information content (AvgIpc) is 2.48. The highest BCUT2D eigenvalue weighted by Gasteiger charge is 2.10. The molecule has 20 heavy (non-hydrogen) atoms. The van der Waals surface area contributed by atoms with Gasteiger partial charge in [0.05, 0.1) is 7.11 Å². The molecule has 0 aliphatic carbocycles. The fourth-order valence-electron chi connectivity index (χ4n) is 1.81. The maximum Gasteiger partial charge on any atom is 0.162 e. The maximum atomic E-state index is 8.77. The van der Waals surface area contributed by atoms with Gasteiger partial charge in [0, 0.05) is 4.90 Å². The van der Waals surface area contributed by atoms with Crippen LogP contribution in [-0.4, -0.2) is 7.11 Å². The molecule has 2 rings (SSSR count). The van der Waals surface area contributed by atoms with Gasteiger partial charge in [0.2, 0.25) is 0 Å². The van der Waals surface area contributed by atoms with Crippen LogP contribution in [0.4, 0.5) is 0 Å². The minimum Gasteiger partial charge on any atom is -0.493 e. The Morgan fingerprint density at radius 3 is 2.55 bits per heavy atom. The molecule has 3 nitrogen and oxygen atoms in total. The molecule has 0 atom stereocenters. The van der Waals surface area contributed by atoms with Crippen molar-refractivity contribution in [2.24, 2.45) is 0 Å². The molecule has 0 spiro atoms. The highest BCUT2D eigenvalue weighted by atomic mass is 32.2. The summed E-state index contributed by atoms with van der Waals surface area (Å²) in [5, 5.41) is 10.8. The molecule has 0 saturated carbocycles. The molecule has 2 aromatic rings. The number of hydrogen-bond donors (Lipinski definition) is 0. The van der Waals surface area contributed by atoms with Gasteiger partial charge in [0.1, 0.15) is 12.0 Å². The van der Waals surface area contributed by atoms with Gasteiger partial charge < -0.3 is 9.47 Å². The first-order valence-electron chi connectivity index (χ1n) is 6.16. The van der Waals surface area contributed by atoms with Gasteiger partial charge in [-0.25, -0.2) is 0 Å². The van der Waals surface area contributed by atoms with E-state index < -0.39 is 0 Å². The van der Waals surface area contributed by atoms with Crippen molar-refractivity contribution in [3.63, 3.8) is 0 Å². The van der Waals surface area contributed by atoms with Crippen molar-refractivity contribution in [1.29, 1.82) is 5.26 Å². The molecule has 0 heterocycles. The van der Waals surface area contributed by atoms with Gasteiger partial charge in [0.25, 0.3) is 0 Å². The summed E-state index contributed by atoms with van der Waals surface area (Å²) in [7, 11) is 1.60. The zero-order valence-electron chi connectivity index (χ0n) is 11.4. The van der Waals surface area contributed by atoms with E-state index in [4.69, 9.17) is 14.7 Å². The number of benzene rings is 2. The van der Waals surface area contributed by atoms with E-state index in [1.165, 1.54) is 0 Å². The summed E-state index contributed by atoms with van der Waals surface area (Å²) >= 11 is 1.12. The van der Waals surface area contributed by atoms with Crippen molar-refractivity contribution < 1.29 is 9.47 Å². The second-order valence-corrected chi connectivity index (χ2v) is 5.06. The van der Waals surface area contributed by atoms with Gasteiger partial charge in [-0.2, -0.15) is 5.26 Å². The van der Waals surface area contributed by atoms with Crippen molar-refractivity contribution in [2.45, 2.75) is 18.4 Å². The second-order valence-electron chi connectivity index (χ2n) is 4.24. The number of methoxy groups -OCH3 is 1.